The van der Waals surface area contributed by atoms with Gasteiger partial charge in [-0.15, -0.1) is 6.42 Å². The molecule has 0 aliphatic rings. The number of carbonyl (C=O) groups excluding carboxylic acids is 1. The third kappa shape index (κ3) is 3.55. The van der Waals surface area contributed by atoms with E-state index in [0.29, 0.717) is 28.8 Å². The zero-order valence-electron chi connectivity index (χ0n) is 12.1. The van der Waals surface area contributed by atoms with Gasteiger partial charge in [-0.05, 0) is 25.5 Å². The second-order valence-corrected chi connectivity index (χ2v) is 7.74. The summed E-state index contributed by atoms with van der Waals surface area (Å²) in [5, 5.41) is 6.01. The Labute approximate surface area is 119 Å². The molecule has 1 aromatic rings. The first-order valence-corrected chi connectivity index (χ1v) is 8.62. The van der Waals surface area contributed by atoms with E-state index < -0.39 is 7.14 Å². The van der Waals surface area contributed by atoms with Crippen LogP contribution in [0.25, 0.3) is 0 Å². The van der Waals surface area contributed by atoms with E-state index in [0.717, 1.165) is 0 Å². The van der Waals surface area contributed by atoms with Crippen molar-refractivity contribution in [1.82, 2.24) is 5.32 Å². The highest BCUT2D eigenvalue weighted by Gasteiger charge is 2.23. The van der Waals surface area contributed by atoms with Crippen LogP contribution in [-0.4, -0.2) is 39.9 Å². The third-order valence-electron chi connectivity index (χ3n) is 2.75. The molecule has 0 saturated heterocycles. The van der Waals surface area contributed by atoms with Crippen LogP contribution in [0, 0.1) is 12.3 Å². The summed E-state index contributed by atoms with van der Waals surface area (Å²) in [4.78, 5) is 12.0. The van der Waals surface area contributed by atoms with Crippen molar-refractivity contribution in [2.24, 2.45) is 0 Å². The number of rotatable bonds is 5. The summed E-state index contributed by atoms with van der Waals surface area (Å²) in [6.45, 7) is 3.53. The highest BCUT2D eigenvalue weighted by Crippen LogP contribution is 2.39. The second-order valence-electron chi connectivity index (χ2n) is 4.56. The maximum absolute atomic E-state index is 12.4. The number of carbonyl (C=O) groups is 1. The molecule has 5 nitrogen and oxygen atoms in total. The van der Waals surface area contributed by atoms with E-state index in [2.05, 4.69) is 16.6 Å². The summed E-state index contributed by atoms with van der Waals surface area (Å²) in [6, 6.07) is 3.24. The van der Waals surface area contributed by atoms with Crippen LogP contribution < -0.4 is 20.7 Å². The summed E-state index contributed by atoms with van der Waals surface area (Å²) >= 11 is 0. The standard InChI is InChI=1S/C14H19N2O3P/c1-6-7-16-11-8-10(14(17)15-2)13(20(4,5)18)9-12(11)19-3/h1,8-9,16H,7H2,2-5H3,(H,15,17). The summed E-state index contributed by atoms with van der Waals surface area (Å²) in [5.41, 5.74) is 0.961. The molecule has 1 amide bonds. The molecule has 0 fully saturated rings. The molecule has 0 saturated carbocycles. The lowest BCUT2D eigenvalue weighted by atomic mass is 10.1. The molecule has 1 rings (SSSR count). The SMILES string of the molecule is C#CCNc1cc(C(=O)NC)c(P(C)(C)=O)cc1OC. The Morgan fingerprint density at radius 3 is 2.55 bits per heavy atom. The van der Waals surface area contributed by atoms with Crippen LogP contribution in [-0.2, 0) is 4.57 Å². The molecule has 0 atom stereocenters. The second kappa shape index (κ2) is 6.49. The fourth-order valence-corrected chi connectivity index (χ4v) is 2.96. The predicted molar refractivity (Wildman–Crippen MR) is 82.8 cm³/mol. The fraction of sp³-hybridized carbons (Fsp3) is 0.357. The molecule has 1 aromatic carbocycles. The van der Waals surface area contributed by atoms with Crippen LogP contribution in [0.1, 0.15) is 10.4 Å². The number of amides is 1. The van der Waals surface area contributed by atoms with Crippen LogP contribution in [0.3, 0.4) is 0 Å². The molecule has 108 valence electrons. The van der Waals surface area contributed by atoms with Crippen molar-refractivity contribution in [3.63, 3.8) is 0 Å². The molecule has 2 N–H and O–H groups in total. The highest BCUT2D eigenvalue weighted by atomic mass is 31.2. The van der Waals surface area contributed by atoms with Gasteiger partial charge in [0.05, 0.1) is 24.9 Å². The van der Waals surface area contributed by atoms with Gasteiger partial charge in [-0.3, -0.25) is 4.79 Å². The smallest absolute Gasteiger partial charge is 0.251 e. The van der Waals surface area contributed by atoms with Gasteiger partial charge in [0.2, 0.25) is 0 Å². The Balaban J connectivity index is 3.49. The van der Waals surface area contributed by atoms with Crippen LogP contribution >= 0.6 is 7.14 Å². The van der Waals surface area contributed by atoms with E-state index in [9.17, 15) is 9.36 Å². The maximum atomic E-state index is 12.4. The van der Waals surface area contributed by atoms with Crippen molar-refractivity contribution in [1.29, 1.82) is 0 Å². The Morgan fingerprint density at radius 1 is 1.45 bits per heavy atom. The highest BCUT2D eigenvalue weighted by molar-refractivity contribution is 7.70. The van der Waals surface area contributed by atoms with E-state index in [1.165, 1.54) is 14.2 Å². The number of hydrogen-bond acceptors (Lipinski definition) is 4. The molecule has 20 heavy (non-hydrogen) atoms. The Kier molecular flexibility index (Phi) is 5.24. The first-order chi connectivity index (χ1) is 9.35. The lowest BCUT2D eigenvalue weighted by Crippen LogP contribution is -2.26. The van der Waals surface area contributed by atoms with Crippen molar-refractivity contribution in [2.75, 3.05) is 39.3 Å². The molecule has 0 radical (unpaired) electrons. The molecule has 0 unspecified atom stereocenters. The quantitative estimate of drug-likeness (QED) is 0.635. The normalized spacial score (nSPS) is 10.6. The Bertz CT molecular complexity index is 599. The maximum Gasteiger partial charge on any atom is 0.251 e. The zero-order valence-corrected chi connectivity index (χ0v) is 13.0. The molecule has 0 aliphatic carbocycles. The van der Waals surface area contributed by atoms with Gasteiger partial charge in [-0.25, -0.2) is 0 Å². The molecule has 6 heteroatoms. The van der Waals surface area contributed by atoms with E-state index >= 15 is 0 Å². The molecular formula is C14H19N2O3P. The number of ether oxygens (including phenoxy) is 1. The number of benzene rings is 1. The van der Waals surface area contributed by atoms with E-state index in [-0.39, 0.29) is 5.91 Å². The zero-order chi connectivity index (χ0) is 15.3. The van der Waals surface area contributed by atoms with Crippen molar-refractivity contribution < 1.29 is 14.1 Å². The molecule has 0 heterocycles. The first-order valence-electron chi connectivity index (χ1n) is 6.02. The van der Waals surface area contributed by atoms with Gasteiger partial charge in [-0.1, -0.05) is 5.92 Å². The van der Waals surface area contributed by atoms with E-state index in [1.807, 2.05) is 0 Å². The van der Waals surface area contributed by atoms with Crippen molar-refractivity contribution in [3.05, 3.63) is 17.7 Å². The Hall–Kier alpha value is -1.92. The van der Waals surface area contributed by atoms with E-state index in [1.54, 1.807) is 25.5 Å². The van der Waals surface area contributed by atoms with Gasteiger partial charge < -0.3 is 19.9 Å². The first kappa shape index (κ1) is 16.1. The number of terminal acetylenes is 1. The number of methoxy groups -OCH3 is 1. The number of hydrogen-bond donors (Lipinski definition) is 2. The molecule has 0 aliphatic heterocycles. The van der Waals surface area contributed by atoms with Gasteiger partial charge in [-0.2, -0.15) is 0 Å². The molecular weight excluding hydrogens is 275 g/mol. The summed E-state index contributed by atoms with van der Waals surface area (Å²) < 4.78 is 17.6. The van der Waals surface area contributed by atoms with Crippen molar-refractivity contribution >= 4 is 24.0 Å². The average molecular weight is 294 g/mol. The fourth-order valence-electron chi connectivity index (χ4n) is 1.78. The lowest BCUT2D eigenvalue weighted by molar-refractivity contribution is 0.0964. The van der Waals surface area contributed by atoms with Crippen molar-refractivity contribution in [3.8, 4) is 18.1 Å². The summed E-state index contributed by atoms with van der Waals surface area (Å²) in [5.74, 6) is 2.66. The molecule has 0 aromatic heterocycles. The minimum absolute atomic E-state index is 0.296. The topological polar surface area (TPSA) is 67.4 Å². The molecule has 0 bridgehead atoms. The summed E-state index contributed by atoms with van der Waals surface area (Å²) in [6.07, 6.45) is 5.21. The molecule has 0 spiro atoms. The van der Waals surface area contributed by atoms with Gasteiger partial charge in [0, 0.05) is 12.4 Å². The van der Waals surface area contributed by atoms with Gasteiger partial charge in [0.1, 0.15) is 12.9 Å². The van der Waals surface area contributed by atoms with Gasteiger partial charge in [0.15, 0.2) is 0 Å². The monoisotopic (exact) mass is 294 g/mol. The van der Waals surface area contributed by atoms with Crippen molar-refractivity contribution in [2.45, 2.75) is 0 Å². The third-order valence-corrected chi connectivity index (χ3v) is 4.28. The summed E-state index contributed by atoms with van der Waals surface area (Å²) in [7, 11) is 0.421. The van der Waals surface area contributed by atoms with Crippen LogP contribution in [0.2, 0.25) is 0 Å². The largest absolute Gasteiger partial charge is 0.495 e. The van der Waals surface area contributed by atoms with Gasteiger partial charge >= 0.3 is 0 Å². The van der Waals surface area contributed by atoms with Gasteiger partial charge in [0.25, 0.3) is 5.91 Å². The minimum Gasteiger partial charge on any atom is -0.495 e. The number of anilines is 1. The van der Waals surface area contributed by atoms with Crippen LogP contribution in [0.5, 0.6) is 5.75 Å². The number of nitrogens with one attached hydrogen (secondary N) is 2. The predicted octanol–water partition coefficient (Wildman–Crippen LogP) is 1.35. The minimum atomic E-state index is -2.62. The van der Waals surface area contributed by atoms with E-state index in [4.69, 9.17) is 11.2 Å². The Morgan fingerprint density at radius 2 is 2.10 bits per heavy atom. The lowest BCUT2D eigenvalue weighted by Gasteiger charge is -2.17. The van der Waals surface area contributed by atoms with Crippen LogP contribution in [0.15, 0.2) is 12.1 Å². The average Bonchev–Trinajstić information content (AvgIpc) is 2.42. The van der Waals surface area contributed by atoms with Crippen LogP contribution in [0.4, 0.5) is 5.69 Å².